The standard InChI is InChI=1S/C25H19ClN2O3/c1-15-13-20-18(14-19(15)26)23(29)21-22(17-7-10-27-11-8-17)28(25(30)24(21)31-20)12-9-16-5-3-2-4-6-16/h2-8,10-11,13-14,22H,9,12H2,1H3. The van der Waals surface area contributed by atoms with Crippen LogP contribution in [0.2, 0.25) is 5.02 Å². The van der Waals surface area contributed by atoms with Crippen LogP contribution in [-0.4, -0.2) is 22.3 Å². The zero-order valence-corrected chi connectivity index (χ0v) is 17.6. The molecule has 1 aliphatic heterocycles. The van der Waals surface area contributed by atoms with Crippen molar-refractivity contribution in [2.24, 2.45) is 0 Å². The van der Waals surface area contributed by atoms with E-state index in [1.807, 2.05) is 49.4 Å². The highest BCUT2D eigenvalue weighted by Gasteiger charge is 2.42. The average molecular weight is 431 g/mol. The zero-order valence-electron chi connectivity index (χ0n) is 16.8. The Morgan fingerprint density at radius 1 is 1.06 bits per heavy atom. The van der Waals surface area contributed by atoms with Crippen molar-refractivity contribution in [1.29, 1.82) is 0 Å². The summed E-state index contributed by atoms with van der Waals surface area (Å²) < 4.78 is 6.00. The lowest BCUT2D eigenvalue weighted by molar-refractivity contribution is 0.0730. The highest BCUT2D eigenvalue weighted by molar-refractivity contribution is 6.32. The molecule has 1 unspecified atom stereocenters. The van der Waals surface area contributed by atoms with Gasteiger partial charge in [0.1, 0.15) is 5.58 Å². The van der Waals surface area contributed by atoms with Crippen molar-refractivity contribution in [2.75, 3.05) is 6.54 Å². The van der Waals surface area contributed by atoms with E-state index in [-0.39, 0.29) is 17.1 Å². The number of amides is 1. The summed E-state index contributed by atoms with van der Waals surface area (Å²) >= 11 is 6.27. The molecule has 5 rings (SSSR count). The van der Waals surface area contributed by atoms with Crippen molar-refractivity contribution in [2.45, 2.75) is 19.4 Å². The molecule has 2 aromatic carbocycles. The first kappa shape index (κ1) is 19.5. The van der Waals surface area contributed by atoms with Crippen molar-refractivity contribution < 1.29 is 9.21 Å². The molecule has 3 heterocycles. The minimum absolute atomic E-state index is 0.106. The number of carbonyl (C=O) groups excluding carboxylic acids is 1. The molecule has 0 spiro atoms. The molecule has 5 nitrogen and oxygen atoms in total. The molecule has 1 atom stereocenters. The van der Waals surface area contributed by atoms with Crippen LogP contribution in [0.4, 0.5) is 0 Å². The monoisotopic (exact) mass is 430 g/mol. The van der Waals surface area contributed by atoms with Crippen molar-refractivity contribution in [1.82, 2.24) is 9.88 Å². The first-order chi connectivity index (χ1) is 15.0. The van der Waals surface area contributed by atoms with Gasteiger partial charge in [-0.15, -0.1) is 0 Å². The van der Waals surface area contributed by atoms with Crippen LogP contribution in [-0.2, 0) is 6.42 Å². The lowest BCUT2D eigenvalue weighted by atomic mass is 9.99. The van der Waals surface area contributed by atoms with Crippen molar-refractivity contribution in [3.05, 3.63) is 110 Å². The first-order valence-corrected chi connectivity index (χ1v) is 10.4. The molecule has 0 fully saturated rings. The van der Waals surface area contributed by atoms with Crippen LogP contribution in [0.1, 0.15) is 38.9 Å². The van der Waals surface area contributed by atoms with Gasteiger partial charge >= 0.3 is 0 Å². The molecule has 0 saturated heterocycles. The van der Waals surface area contributed by atoms with Gasteiger partial charge in [0, 0.05) is 24.0 Å². The number of benzene rings is 2. The highest BCUT2D eigenvalue weighted by atomic mass is 35.5. The van der Waals surface area contributed by atoms with Gasteiger partial charge in [-0.05, 0) is 54.3 Å². The molecular weight excluding hydrogens is 412 g/mol. The van der Waals surface area contributed by atoms with Crippen molar-refractivity contribution in [3.8, 4) is 0 Å². The van der Waals surface area contributed by atoms with E-state index in [0.717, 1.165) is 16.7 Å². The first-order valence-electron chi connectivity index (χ1n) is 10.1. The van der Waals surface area contributed by atoms with Crippen LogP contribution in [0.15, 0.2) is 76.2 Å². The maximum atomic E-state index is 13.5. The van der Waals surface area contributed by atoms with E-state index in [0.29, 0.717) is 34.5 Å². The SMILES string of the molecule is Cc1cc2oc3c(c(=O)c2cc1Cl)C(c1ccncc1)N(CCc1ccccc1)C3=O. The largest absolute Gasteiger partial charge is 0.450 e. The number of rotatable bonds is 4. The Bertz CT molecular complexity index is 1350. The molecule has 31 heavy (non-hydrogen) atoms. The van der Waals surface area contributed by atoms with Crippen molar-refractivity contribution >= 4 is 28.5 Å². The maximum absolute atomic E-state index is 13.5. The van der Waals surface area contributed by atoms with Gasteiger partial charge in [0.2, 0.25) is 5.76 Å². The second-order valence-corrected chi connectivity index (χ2v) is 8.10. The number of hydrogen-bond donors (Lipinski definition) is 0. The van der Waals surface area contributed by atoms with Gasteiger partial charge in [-0.3, -0.25) is 14.6 Å². The number of carbonyl (C=O) groups is 1. The Balaban J connectivity index is 1.67. The predicted octanol–water partition coefficient (Wildman–Crippen LogP) is 4.94. The van der Waals surface area contributed by atoms with Gasteiger partial charge < -0.3 is 9.32 Å². The Morgan fingerprint density at radius 3 is 2.55 bits per heavy atom. The zero-order chi connectivity index (χ0) is 21.5. The predicted molar refractivity (Wildman–Crippen MR) is 119 cm³/mol. The molecule has 0 bridgehead atoms. The smallest absolute Gasteiger partial charge is 0.290 e. The molecule has 0 radical (unpaired) electrons. The number of nitrogens with zero attached hydrogens (tertiary/aromatic N) is 2. The molecule has 4 aromatic rings. The van der Waals surface area contributed by atoms with Crippen molar-refractivity contribution in [3.63, 3.8) is 0 Å². The van der Waals surface area contributed by atoms with Crippen LogP contribution in [0.25, 0.3) is 11.0 Å². The fourth-order valence-corrected chi connectivity index (χ4v) is 4.32. The maximum Gasteiger partial charge on any atom is 0.290 e. The summed E-state index contributed by atoms with van der Waals surface area (Å²) in [5.41, 5.74) is 3.23. The number of pyridine rings is 1. The Hall–Kier alpha value is -3.44. The van der Waals surface area contributed by atoms with Crippen LogP contribution in [0.3, 0.4) is 0 Å². The molecule has 1 amide bonds. The second-order valence-electron chi connectivity index (χ2n) is 7.69. The molecule has 0 saturated carbocycles. The number of aryl methyl sites for hydroxylation is 1. The number of halogens is 1. The second kappa shape index (κ2) is 7.67. The quantitative estimate of drug-likeness (QED) is 0.460. The number of hydrogen-bond acceptors (Lipinski definition) is 4. The molecular formula is C25H19ClN2O3. The van der Waals surface area contributed by atoms with Crippen LogP contribution in [0, 0.1) is 6.92 Å². The van der Waals surface area contributed by atoms with Gasteiger partial charge in [-0.2, -0.15) is 0 Å². The van der Waals surface area contributed by atoms with Crippen LogP contribution in [0.5, 0.6) is 0 Å². The summed E-state index contributed by atoms with van der Waals surface area (Å²) in [7, 11) is 0. The fourth-order valence-electron chi connectivity index (χ4n) is 4.16. The lowest BCUT2D eigenvalue weighted by Crippen LogP contribution is -2.31. The van der Waals surface area contributed by atoms with E-state index < -0.39 is 6.04 Å². The van der Waals surface area contributed by atoms with E-state index >= 15 is 0 Å². The molecule has 6 heteroatoms. The minimum atomic E-state index is -0.532. The summed E-state index contributed by atoms with van der Waals surface area (Å²) in [4.78, 5) is 32.7. The summed E-state index contributed by atoms with van der Waals surface area (Å²) in [5, 5.41) is 0.872. The summed E-state index contributed by atoms with van der Waals surface area (Å²) in [6, 6.07) is 16.4. The fraction of sp³-hybridized carbons (Fsp3) is 0.160. The Labute approximate surface area is 183 Å². The van der Waals surface area contributed by atoms with E-state index in [4.69, 9.17) is 16.0 Å². The van der Waals surface area contributed by atoms with E-state index in [1.54, 1.807) is 29.4 Å². The average Bonchev–Trinajstić information content (AvgIpc) is 3.07. The van der Waals surface area contributed by atoms with Crippen LogP contribution < -0.4 is 5.43 Å². The number of fused-ring (bicyclic) bond motifs is 2. The lowest BCUT2D eigenvalue weighted by Gasteiger charge is -2.25. The summed E-state index contributed by atoms with van der Waals surface area (Å²) in [6.07, 6.45) is 3.99. The molecule has 2 aromatic heterocycles. The molecule has 154 valence electrons. The third-order valence-corrected chi connectivity index (χ3v) is 6.16. The minimum Gasteiger partial charge on any atom is -0.450 e. The van der Waals surface area contributed by atoms with Gasteiger partial charge in [-0.25, -0.2) is 0 Å². The Morgan fingerprint density at radius 2 is 1.81 bits per heavy atom. The highest BCUT2D eigenvalue weighted by Crippen LogP contribution is 2.38. The Kier molecular flexibility index (Phi) is 4.83. The van der Waals surface area contributed by atoms with E-state index in [2.05, 4.69) is 4.98 Å². The molecule has 0 N–H and O–H groups in total. The third-order valence-electron chi connectivity index (χ3n) is 5.75. The van der Waals surface area contributed by atoms with E-state index in [1.165, 1.54) is 0 Å². The molecule has 0 aliphatic carbocycles. The topological polar surface area (TPSA) is 63.4 Å². The normalized spacial score (nSPS) is 15.5. The van der Waals surface area contributed by atoms with Gasteiger partial charge in [0.15, 0.2) is 5.43 Å². The van der Waals surface area contributed by atoms with Crippen LogP contribution >= 0.6 is 11.6 Å². The van der Waals surface area contributed by atoms with Gasteiger partial charge in [0.25, 0.3) is 5.91 Å². The van der Waals surface area contributed by atoms with Gasteiger partial charge in [-0.1, -0.05) is 41.9 Å². The summed E-state index contributed by atoms with van der Waals surface area (Å²) in [6.45, 7) is 2.29. The van der Waals surface area contributed by atoms with E-state index in [9.17, 15) is 9.59 Å². The third kappa shape index (κ3) is 3.31. The van der Waals surface area contributed by atoms with Gasteiger partial charge in [0.05, 0.1) is 17.0 Å². The molecule has 1 aliphatic rings. The summed E-state index contributed by atoms with van der Waals surface area (Å²) in [5.74, 6) is -0.173. The number of aromatic nitrogens is 1.